The number of amides is 1. The molecule has 1 fully saturated rings. The third-order valence-corrected chi connectivity index (χ3v) is 5.63. The maximum atomic E-state index is 12.8. The predicted octanol–water partition coefficient (Wildman–Crippen LogP) is 2.13. The number of aromatic amines is 1. The molecule has 4 rings (SSSR count). The van der Waals surface area contributed by atoms with E-state index in [1.165, 1.54) is 6.20 Å². The summed E-state index contributed by atoms with van der Waals surface area (Å²) in [6, 6.07) is 8.49. The third-order valence-electron chi connectivity index (χ3n) is 5.38. The van der Waals surface area contributed by atoms with Crippen molar-refractivity contribution in [2.75, 3.05) is 31.1 Å². The fourth-order valence-electron chi connectivity index (χ4n) is 3.84. The number of nitrogens with two attached hydrogens (primary N) is 1. The number of hydrogen-bond acceptors (Lipinski definition) is 5. The number of halogens is 1. The third kappa shape index (κ3) is 3.96. The SMILES string of the molecule is NC(Cc1ccc(Cl)cc1)C(=O)N1CCN(c2c(C(=O)O)cnc3[nH]ccc23)CC1. The average Bonchev–Trinajstić information content (AvgIpc) is 3.23. The Kier molecular flexibility index (Phi) is 5.61. The Morgan fingerprint density at radius 2 is 1.87 bits per heavy atom. The number of rotatable bonds is 5. The molecule has 1 amide bonds. The number of piperazine rings is 1. The lowest BCUT2D eigenvalue weighted by molar-refractivity contribution is -0.132. The molecular formula is C21H22ClN5O3. The number of aromatic nitrogens is 2. The van der Waals surface area contributed by atoms with E-state index in [0.717, 1.165) is 10.9 Å². The quantitative estimate of drug-likeness (QED) is 0.574. The second-order valence-electron chi connectivity index (χ2n) is 7.32. The fraction of sp³-hybridized carbons (Fsp3) is 0.286. The van der Waals surface area contributed by atoms with Gasteiger partial charge >= 0.3 is 5.97 Å². The molecule has 0 aliphatic carbocycles. The van der Waals surface area contributed by atoms with Crippen molar-refractivity contribution >= 4 is 40.2 Å². The van der Waals surface area contributed by atoms with E-state index in [2.05, 4.69) is 9.97 Å². The summed E-state index contributed by atoms with van der Waals surface area (Å²) in [4.78, 5) is 35.5. The number of benzene rings is 1. The van der Waals surface area contributed by atoms with Gasteiger partial charge in [0.1, 0.15) is 11.2 Å². The van der Waals surface area contributed by atoms with Crippen LogP contribution in [0.4, 0.5) is 5.69 Å². The number of carbonyl (C=O) groups excluding carboxylic acids is 1. The topological polar surface area (TPSA) is 116 Å². The van der Waals surface area contributed by atoms with Gasteiger partial charge < -0.3 is 25.6 Å². The van der Waals surface area contributed by atoms with Gasteiger partial charge in [-0.25, -0.2) is 9.78 Å². The van der Waals surface area contributed by atoms with Gasteiger partial charge in [0.05, 0.1) is 11.7 Å². The van der Waals surface area contributed by atoms with Crippen LogP contribution in [0.3, 0.4) is 0 Å². The van der Waals surface area contributed by atoms with E-state index >= 15 is 0 Å². The Balaban J connectivity index is 1.45. The number of carbonyl (C=O) groups is 2. The summed E-state index contributed by atoms with van der Waals surface area (Å²) in [6.07, 6.45) is 3.55. The summed E-state index contributed by atoms with van der Waals surface area (Å²) in [6.45, 7) is 1.98. The van der Waals surface area contributed by atoms with Gasteiger partial charge in [-0.05, 0) is 30.2 Å². The minimum Gasteiger partial charge on any atom is -0.478 e. The van der Waals surface area contributed by atoms with Gasteiger partial charge in [-0.2, -0.15) is 0 Å². The molecule has 0 saturated carbocycles. The second kappa shape index (κ2) is 8.33. The number of hydrogen-bond donors (Lipinski definition) is 3. The van der Waals surface area contributed by atoms with Gasteiger partial charge in [0.2, 0.25) is 5.91 Å². The molecule has 0 spiro atoms. The van der Waals surface area contributed by atoms with Crippen LogP contribution in [0.5, 0.6) is 0 Å². The van der Waals surface area contributed by atoms with Crippen molar-refractivity contribution in [1.82, 2.24) is 14.9 Å². The molecule has 2 aromatic heterocycles. The molecule has 0 radical (unpaired) electrons. The number of aromatic carboxylic acids is 1. The van der Waals surface area contributed by atoms with Crippen LogP contribution < -0.4 is 10.6 Å². The number of fused-ring (bicyclic) bond motifs is 1. The van der Waals surface area contributed by atoms with Crippen molar-refractivity contribution in [3.63, 3.8) is 0 Å². The summed E-state index contributed by atoms with van der Waals surface area (Å²) in [5, 5.41) is 11.0. The smallest absolute Gasteiger partial charge is 0.339 e. The van der Waals surface area contributed by atoms with Crippen LogP contribution >= 0.6 is 11.6 Å². The minimum atomic E-state index is -1.02. The van der Waals surface area contributed by atoms with Gasteiger partial charge in [0.15, 0.2) is 0 Å². The van der Waals surface area contributed by atoms with Crippen LogP contribution in [0.15, 0.2) is 42.7 Å². The first kappa shape index (κ1) is 20.2. The van der Waals surface area contributed by atoms with E-state index in [4.69, 9.17) is 17.3 Å². The molecule has 1 aromatic carbocycles. The van der Waals surface area contributed by atoms with Crippen molar-refractivity contribution in [3.05, 3.63) is 58.9 Å². The molecule has 30 heavy (non-hydrogen) atoms. The highest BCUT2D eigenvalue weighted by atomic mass is 35.5. The van der Waals surface area contributed by atoms with E-state index in [1.807, 2.05) is 23.1 Å². The number of nitrogens with zero attached hydrogens (tertiary/aromatic N) is 3. The largest absolute Gasteiger partial charge is 0.478 e. The second-order valence-corrected chi connectivity index (χ2v) is 7.75. The van der Waals surface area contributed by atoms with E-state index in [1.54, 1.807) is 23.2 Å². The van der Waals surface area contributed by atoms with Gasteiger partial charge in [-0.15, -0.1) is 0 Å². The summed E-state index contributed by atoms with van der Waals surface area (Å²) in [5.41, 5.74) is 8.54. The normalized spacial score (nSPS) is 15.4. The fourth-order valence-corrected chi connectivity index (χ4v) is 3.96. The Bertz CT molecular complexity index is 1070. The number of carboxylic acid groups (broad SMARTS) is 1. The Morgan fingerprint density at radius 1 is 1.17 bits per heavy atom. The van der Waals surface area contributed by atoms with Gasteiger partial charge in [0.25, 0.3) is 0 Å². The van der Waals surface area contributed by atoms with Crippen LogP contribution in [0, 0.1) is 0 Å². The van der Waals surface area contributed by atoms with Crippen molar-refractivity contribution in [2.45, 2.75) is 12.5 Å². The lowest BCUT2D eigenvalue weighted by Gasteiger charge is -2.37. The highest BCUT2D eigenvalue weighted by molar-refractivity contribution is 6.30. The minimum absolute atomic E-state index is 0.107. The van der Waals surface area contributed by atoms with E-state index in [-0.39, 0.29) is 11.5 Å². The maximum absolute atomic E-state index is 12.8. The zero-order chi connectivity index (χ0) is 21.3. The Labute approximate surface area is 178 Å². The number of nitrogens with one attached hydrogen (secondary N) is 1. The molecule has 1 aliphatic heterocycles. The molecule has 1 atom stereocenters. The first-order valence-electron chi connectivity index (χ1n) is 9.67. The molecule has 3 heterocycles. The van der Waals surface area contributed by atoms with Crippen LogP contribution in [0.2, 0.25) is 5.02 Å². The zero-order valence-corrected chi connectivity index (χ0v) is 17.0. The maximum Gasteiger partial charge on any atom is 0.339 e. The molecule has 1 unspecified atom stereocenters. The average molecular weight is 428 g/mol. The molecule has 8 nitrogen and oxygen atoms in total. The lowest BCUT2D eigenvalue weighted by atomic mass is 10.0. The molecule has 0 bridgehead atoms. The van der Waals surface area contributed by atoms with Gasteiger partial charge in [-0.1, -0.05) is 23.7 Å². The monoisotopic (exact) mass is 427 g/mol. The highest BCUT2D eigenvalue weighted by Gasteiger charge is 2.28. The van der Waals surface area contributed by atoms with Crippen LogP contribution in [0.25, 0.3) is 11.0 Å². The summed E-state index contributed by atoms with van der Waals surface area (Å²) >= 11 is 5.90. The molecular weight excluding hydrogens is 406 g/mol. The van der Waals surface area contributed by atoms with Crippen molar-refractivity contribution in [1.29, 1.82) is 0 Å². The molecule has 4 N–H and O–H groups in total. The van der Waals surface area contributed by atoms with Crippen molar-refractivity contribution < 1.29 is 14.7 Å². The first-order chi connectivity index (χ1) is 14.4. The van der Waals surface area contributed by atoms with E-state index in [0.29, 0.717) is 49.0 Å². The predicted molar refractivity (Wildman–Crippen MR) is 115 cm³/mol. The summed E-state index contributed by atoms with van der Waals surface area (Å²) in [5.74, 6) is -1.13. The molecule has 1 saturated heterocycles. The van der Waals surface area contributed by atoms with Crippen LogP contribution in [-0.4, -0.2) is 64.1 Å². The molecule has 9 heteroatoms. The van der Waals surface area contributed by atoms with Crippen LogP contribution in [0.1, 0.15) is 15.9 Å². The summed E-state index contributed by atoms with van der Waals surface area (Å²) < 4.78 is 0. The Morgan fingerprint density at radius 3 is 2.53 bits per heavy atom. The van der Waals surface area contributed by atoms with Crippen molar-refractivity contribution in [3.8, 4) is 0 Å². The Hall–Kier alpha value is -3.10. The summed E-state index contributed by atoms with van der Waals surface area (Å²) in [7, 11) is 0. The van der Waals surface area contributed by atoms with Gasteiger partial charge in [-0.3, -0.25) is 4.79 Å². The number of H-pyrrole nitrogens is 1. The molecule has 156 valence electrons. The number of anilines is 1. The van der Waals surface area contributed by atoms with Crippen LogP contribution in [-0.2, 0) is 11.2 Å². The van der Waals surface area contributed by atoms with E-state index < -0.39 is 12.0 Å². The van der Waals surface area contributed by atoms with E-state index in [9.17, 15) is 14.7 Å². The van der Waals surface area contributed by atoms with Gasteiger partial charge in [0, 0.05) is 49.0 Å². The first-order valence-corrected chi connectivity index (χ1v) is 10.0. The molecule has 3 aromatic rings. The lowest BCUT2D eigenvalue weighted by Crippen LogP contribution is -2.54. The van der Waals surface area contributed by atoms with Crippen molar-refractivity contribution in [2.24, 2.45) is 5.73 Å². The number of pyridine rings is 1. The number of carboxylic acids is 1. The molecule has 1 aliphatic rings. The highest BCUT2D eigenvalue weighted by Crippen LogP contribution is 2.30. The zero-order valence-electron chi connectivity index (χ0n) is 16.2. The standard InChI is InChI=1S/C21H22ClN5O3/c22-14-3-1-13(2-4-14)11-17(23)20(28)27-9-7-26(8-10-27)18-15-5-6-24-19(15)25-12-16(18)21(29)30/h1-6,12,17H,7-11,23H2,(H,24,25)(H,29,30).